The smallest absolute Gasteiger partial charge is 0.242 e. The van der Waals surface area contributed by atoms with Crippen molar-refractivity contribution in [2.75, 3.05) is 5.32 Å². The normalized spacial score (nSPS) is 12.3. The first kappa shape index (κ1) is 12.4. The Morgan fingerprint density at radius 1 is 1.25 bits per heavy atom. The summed E-state index contributed by atoms with van der Waals surface area (Å²) >= 11 is 0. The number of nitrogens with zero attached hydrogens (tertiary/aromatic N) is 2. The van der Waals surface area contributed by atoms with E-state index in [1.54, 1.807) is 19.3 Å². The van der Waals surface area contributed by atoms with Gasteiger partial charge in [-0.1, -0.05) is 0 Å². The molecular formula is C11H18N4O. The van der Waals surface area contributed by atoms with Crippen molar-refractivity contribution < 1.29 is 4.79 Å². The molecule has 0 radical (unpaired) electrons. The van der Waals surface area contributed by atoms with Gasteiger partial charge in [0.05, 0.1) is 0 Å². The molecule has 0 aliphatic carbocycles. The predicted molar refractivity (Wildman–Crippen MR) is 63.1 cm³/mol. The molecule has 16 heavy (non-hydrogen) atoms. The van der Waals surface area contributed by atoms with Gasteiger partial charge in [0.1, 0.15) is 6.04 Å². The quantitative estimate of drug-likeness (QED) is 0.801. The molecule has 0 saturated carbocycles. The fourth-order valence-electron chi connectivity index (χ4n) is 1.14. The standard InChI is InChI=1S/C11H18N4O/c1-7(2)14-10(16)9(4)15-11-12-5-8(3)6-13-11/h5-7,9H,1-4H3,(H,14,16)(H,12,13,15). The summed E-state index contributed by atoms with van der Waals surface area (Å²) in [7, 11) is 0. The highest BCUT2D eigenvalue weighted by molar-refractivity contribution is 5.83. The van der Waals surface area contributed by atoms with Gasteiger partial charge in [-0.15, -0.1) is 0 Å². The molecule has 5 heteroatoms. The van der Waals surface area contributed by atoms with E-state index in [4.69, 9.17) is 0 Å². The van der Waals surface area contributed by atoms with Gasteiger partial charge in [0.15, 0.2) is 0 Å². The number of carbonyl (C=O) groups is 1. The lowest BCUT2D eigenvalue weighted by molar-refractivity contribution is -0.122. The molecule has 1 amide bonds. The van der Waals surface area contributed by atoms with Crippen LogP contribution in [-0.2, 0) is 4.79 Å². The molecule has 2 N–H and O–H groups in total. The summed E-state index contributed by atoms with van der Waals surface area (Å²) in [4.78, 5) is 19.8. The van der Waals surface area contributed by atoms with Crippen LogP contribution in [0.4, 0.5) is 5.95 Å². The summed E-state index contributed by atoms with van der Waals surface area (Å²) in [6.07, 6.45) is 3.42. The van der Waals surface area contributed by atoms with Crippen LogP contribution in [0.15, 0.2) is 12.4 Å². The maximum atomic E-state index is 11.6. The first-order valence-corrected chi connectivity index (χ1v) is 5.34. The molecule has 0 saturated heterocycles. The van der Waals surface area contributed by atoms with E-state index in [0.29, 0.717) is 5.95 Å². The van der Waals surface area contributed by atoms with Gasteiger partial charge in [-0.2, -0.15) is 0 Å². The molecule has 1 unspecified atom stereocenters. The van der Waals surface area contributed by atoms with E-state index < -0.39 is 0 Å². The van der Waals surface area contributed by atoms with E-state index in [2.05, 4.69) is 20.6 Å². The first-order chi connectivity index (χ1) is 7.49. The number of rotatable bonds is 4. The van der Waals surface area contributed by atoms with E-state index in [1.807, 2.05) is 20.8 Å². The minimum absolute atomic E-state index is 0.0563. The molecule has 1 atom stereocenters. The number of hydrogen-bond donors (Lipinski definition) is 2. The summed E-state index contributed by atoms with van der Waals surface area (Å²) in [6, 6.07) is -0.208. The van der Waals surface area contributed by atoms with Gasteiger partial charge in [-0.05, 0) is 33.3 Å². The Morgan fingerprint density at radius 2 is 1.81 bits per heavy atom. The Labute approximate surface area is 95.7 Å². The van der Waals surface area contributed by atoms with Crippen LogP contribution < -0.4 is 10.6 Å². The van der Waals surface area contributed by atoms with Crippen molar-refractivity contribution in [2.24, 2.45) is 0 Å². The van der Waals surface area contributed by atoms with E-state index in [-0.39, 0.29) is 18.0 Å². The second-order valence-electron chi connectivity index (χ2n) is 4.11. The molecule has 0 fully saturated rings. The molecule has 88 valence electrons. The molecule has 0 bridgehead atoms. The lowest BCUT2D eigenvalue weighted by atomic mass is 10.3. The summed E-state index contributed by atoms with van der Waals surface area (Å²) in [5, 5.41) is 5.76. The zero-order chi connectivity index (χ0) is 12.1. The van der Waals surface area contributed by atoms with Crippen LogP contribution in [0, 0.1) is 6.92 Å². The molecule has 0 aromatic carbocycles. The Bertz CT molecular complexity index is 348. The Hall–Kier alpha value is -1.65. The van der Waals surface area contributed by atoms with Gasteiger partial charge in [0, 0.05) is 18.4 Å². The van der Waals surface area contributed by atoms with Gasteiger partial charge >= 0.3 is 0 Å². The van der Waals surface area contributed by atoms with Gasteiger partial charge in [0.2, 0.25) is 11.9 Å². The summed E-state index contributed by atoms with van der Waals surface area (Å²) < 4.78 is 0. The van der Waals surface area contributed by atoms with E-state index >= 15 is 0 Å². The van der Waals surface area contributed by atoms with Gasteiger partial charge in [0.25, 0.3) is 0 Å². The minimum atomic E-state index is -0.342. The SMILES string of the molecule is Cc1cnc(NC(C)C(=O)NC(C)C)nc1. The fraction of sp³-hybridized carbons (Fsp3) is 0.545. The maximum Gasteiger partial charge on any atom is 0.242 e. The third-order valence-corrected chi connectivity index (χ3v) is 1.95. The maximum absolute atomic E-state index is 11.6. The topological polar surface area (TPSA) is 66.9 Å². The van der Waals surface area contributed by atoms with Gasteiger partial charge in [-0.25, -0.2) is 9.97 Å². The number of nitrogens with one attached hydrogen (secondary N) is 2. The van der Waals surface area contributed by atoms with Crippen molar-refractivity contribution in [1.82, 2.24) is 15.3 Å². The summed E-state index contributed by atoms with van der Waals surface area (Å²) in [5.74, 6) is 0.413. The van der Waals surface area contributed by atoms with E-state index in [1.165, 1.54) is 0 Å². The lowest BCUT2D eigenvalue weighted by Crippen LogP contribution is -2.41. The number of aromatic nitrogens is 2. The number of hydrogen-bond acceptors (Lipinski definition) is 4. The van der Waals surface area contributed by atoms with Gasteiger partial charge < -0.3 is 10.6 Å². The predicted octanol–water partition coefficient (Wildman–Crippen LogP) is 1.11. The lowest BCUT2D eigenvalue weighted by Gasteiger charge is -2.15. The molecule has 0 spiro atoms. The summed E-state index contributed by atoms with van der Waals surface area (Å²) in [6.45, 7) is 7.54. The molecule has 0 aliphatic rings. The average molecular weight is 222 g/mol. The van der Waals surface area contributed by atoms with Crippen molar-refractivity contribution in [3.8, 4) is 0 Å². The highest BCUT2D eigenvalue weighted by Gasteiger charge is 2.13. The second kappa shape index (κ2) is 5.44. The van der Waals surface area contributed by atoms with Crippen LogP contribution >= 0.6 is 0 Å². The van der Waals surface area contributed by atoms with Crippen LogP contribution in [0.25, 0.3) is 0 Å². The van der Waals surface area contributed by atoms with Crippen molar-refractivity contribution >= 4 is 11.9 Å². The van der Waals surface area contributed by atoms with Crippen LogP contribution in [0.3, 0.4) is 0 Å². The fourth-order valence-corrected chi connectivity index (χ4v) is 1.14. The number of anilines is 1. The van der Waals surface area contributed by atoms with Crippen LogP contribution in [0.2, 0.25) is 0 Å². The molecule has 1 heterocycles. The third-order valence-electron chi connectivity index (χ3n) is 1.95. The Kier molecular flexibility index (Phi) is 4.22. The molecule has 0 aliphatic heterocycles. The zero-order valence-corrected chi connectivity index (χ0v) is 10.1. The molecule has 1 rings (SSSR count). The summed E-state index contributed by atoms with van der Waals surface area (Å²) in [5.41, 5.74) is 0.991. The van der Waals surface area contributed by atoms with E-state index in [9.17, 15) is 4.79 Å². The van der Waals surface area contributed by atoms with Crippen molar-refractivity contribution in [3.05, 3.63) is 18.0 Å². The van der Waals surface area contributed by atoms with Crippen LogP contribution in [0.1, 0.15) is 26.3 Å². The minimum Gasteiger partial charge on any atom is -0.352 e. The second-order valence-corrected chi connectivity index (χ2v) is 4.11. The van der Waals surface area contributed by atoms with Gasteiger partial charge in [-0.3, -0.25) is 4.79 Å². The molecule has 1 aromatic rings. The zero-order valence-electron chi connectivity index (χ0n) is 10.1. The Balaban J connectivity index is 2.53. The highest BCUT2D eigenvalue weighted by Crippen LogP contribution is 2.01. The number of amides is 1. The molecular weight excluding hydrogens is 204 g/mol. The number of carbonyl (C=O) groups excluding carboxylic acids is 1. The monoisotopic (exact) mass is 222 g/mol. The van der Waals surface area contributed by atoms with Crippen LogP contribution in [0.5, 0.6) is 0 Å². The highest BCUT2D eigenvalue weighted by atomic mass is 16.2. The van der Waals surface area contributed by atoms with Crippen LogP contribution in [-0.4, -0.2) is 28.0 Å². The van der Waals surface area contributed by atoms with Crippen molar-refractivity contribution in [2.45, 2.75) is 39.8 Å². The van der Waals surface area contributed by atoms with Crippen molar-refractivity contribution in [3.63, 3.8) is 0 Å². The van der Waals surface area contributed by atoms with E-state index in [0.717, 1.165) is 5.56 Å². The molecule has 5 nitrogen and oxygen atoms in total. The largest absolute Gasteiger partial charge is 0.352 e. The average Bonchev–Trinajstić information content (AvgIpc) is 2.20. The Morgan fingerprint density at radius 3 is 2.31 bits per heavy atom. The molecule has 1 aromatic heterocycles. The number of aryl methyl sites for hydroxylation is 1. The first-order valence-electron chi connectivity index (χ1n) is 5.34. The van der Waals surface area contributed by atoms with Crippen molar-refractivity contribution in [1.29, 1.82) is 0 Å². The third kappa shape index (κ3) is 3.84.